The van der Waals surface area contributed by atoms with Gasteiger partial charge in [0.1, 0.15) is 12.4 Å². The Morgan fingerprint density at radius 1 is 1.35 bits per heavy atom. The molecule has 0 fully saturated rings. The number of anilines is 1. The van der Waals surface area contributed by atoms with Crippen molar-refractivity contribution in [2.75, 3.05) is 11.9 Å². The van der Waals surface area contributed by atoms with Gasteiger partial charge in [-0.3, -0.25) is 4.98 Å². The van der Waals surface area contributed by atoms with Gasteiger partial charge in [0.2, 0.25) is 0 Å². The maximum Gasteiger partial charge on any atom is 0.120 e. The molecular weight excluding hydrogens is 284 g/mol. The first kappa shape index (κ1) is 14.1. The fraction of sp³-hybridized carbons (Fsp3) is 0.250. The monoisotopic (exact) mass is 304 g/mol. The molecule has 1 aromatic heterocycles. The third-order valence-corrected chi connectivity index (χ3v) is 4.75. The summed E-state index contributed by atoms with van der Waals surface area (Å²) in [5.74, 6) is 1.87. The fourth-order valence-electron chi connectivity index (χ4n) is 3.71. The fourth-order valence-corrected chi connectivity index (χ4v) is 3.71. The van der Waals surface area contributed by atoms with Crippen LogP contribution in [-0.2, 0) is 0 Å². The molecule has 3 atom stereocenters. The van der Waals surface area contributed by atoms with E-state index in [9.17, 15) is 0 Å². The summed E-state index contributed by atoms with van der Waals surface area (Å²) < 4.78 is 5.70. The molecule has 0 bridgehead atoms. The Bertz CT molecular complexity index is 739. The third-order valence-electron chi connectivity index (χ3n) is 4.75. The van der Waals surface area contributed by atoms with Crippen LogP contribution in [0.5, 0.6) is 5.75 Å². The Balaban J connectivity index is 1.70. The zero-order chi connectivity index (χ0) is 15.6. The summed E-state index contributed by atoms with van der Waals surface area (Å²) in [6.07, 6.45) is 11.3. The summed E-state index contributed by atoms with van der Waals surface area (Å²) in [7, 11) is 0. The number of hydrogen-bond donors (Lipinski definition) is 1. The number of allylic oxidation sites excluding steroid dienone is 2. The van der Waals surface area contributed by atoms with E-state index in [1.54, 1.807) is 6.08 Å². The minimum absolute atomic E-state index is 0.302. The molecule has 4 rings (SSSR count). The molecule has 1 aliphatic heterocycles. The average molecular weight is 304 g/mol. The van der Waals surface area contributed by atoms with Crippen LogP contribution < -0.4 is 10.1 Å². The van der Waals surface area contributed by atoms with E-state index in [1.165, 1.54) is 16.8 Å². The van der Waals surface area contributed by atoms with Crippen LogP contribution in [0.15, 0.2) is 67.5 Å². The number of pyridine rings is 1. The van der Waals surface area contributed by atoms with Crippen molar-refractivity contribution in [1.29, 1.82) is 0 Å². The number of nitrogens with one attached hydrogen (secondary N) is 1. The summed E-state index contributed by atoms with van der Waals surface area (Å²) in [5.41, 5.74) is 3.77. The lowest BCUT2D eigenvalue weighted by Crippen LogP contribution is -2.29. The van der Waals surface area contributed by atoms with Crippen molar-refractivity contribution < 1.29 is 4.74 Å². The van der Waals surface area contributed by atoms with Gasteiger partial charge < -0.3 is 10.1 Å². The molecule has 0 saturated carbocycles. The highest BCUT2D eigenvalue weighted by Gasteiger charge is 2.38. The highest BCUT2D eigenvalue weighted by Crippen LogP contribution is 2.50. The van der Waals surface area contributed by atoms with Crippen molar-refractivity contribution in [1.82, 2.24) is 4.98 Å². The summed E-state index contributed by atoms with van der Waals surface area (Å²) in [5, 5.41) is 3.71. The predicted molar refractivity (Wildman–Crippen MR) is 92.7 cm³/mol. The van der Waals surface area contributed by atoms with Crippen LogP contribution in [0.1, 0.15) is 29.5 Å². The summed E-state index contributed by atoms with van der Waals surface area (Å²) in [6.45, 7) is 4.24. The van der Waals surface area contributed by atoms with E-state index in [-0.39, 0.29) is 0 Å². The minimum Gasteiger partial charge on any atom is -0.490 e. The van der Waals surface area contributed by atoms with Crippen molar-refractivity contribution in [3.8, 4) is 5.75 Å². The lowest BCUT2D eigenvalue weighted by Gasteiger charge is -2.37. The van der Waals surface area contributed by atoms with Gasteiger partial charge in [-0.1, -0.05) is 30.9 Å². The van der Waals surface area contributed by atoms with E-state index < -0.39 is 0 Å². The second kappa shape index (κ2) is 5.92. The molecule has 3 unspecified atom stereocenters. The Labute approximate surface area is 136 Å². The first-order valence-electron chi connectivity index (χ1n) is 8.07. The number of aromatic nitrogens is 1. The Kier molecular flexibility index (Phi) is 3.62. The first-order valence-corrected chi connectivity index (χ1v) is 8.07. The smallest absolute Gasteiger partial charge is 0.120 e. The minimum atomic E-state index is 0.302. The quantitative estimate of drug-likeness (QED) is 0.846. The molecule has 1 N–H and O–H groups in total. The van der Waals surface area contributed by atoms with Crippen LogP contribution in [0.4, 0.5) is 5.69 Å². The van der Waals surface area contributed by atoms with E-state index in [0.29, 0.717) is 24.5 Å². The molecular formula is C20H20N2O. The number of rotatable bonds is 4. The normalized spacial score (nSPS) is 24.4. The van der Waals surface area contributed by atoms with Gasteiger partial charge in [-0.05, 0) is 47.7 Å². The van der Waals surface area contributed by atoms with Gasteiger partial charge in [0.15, 0.2) is 0 Å². The number of fused-ring (bicyclic) bond motifs is 3. The van der Waals surface area contributed by atoms with E-state index in [0.717, 1.165) is 12.2 Å². The van der Waals surface area contributed by atoms with E-state index in [4.69, 9.17) is 4.74 Å². The molecule has 1 aromatic carbocycles. The van der Waals surface area contributed by atoms with Crippen LogP contribution in [0.2, 0.25) is 0 Å². The number of hydrogen-bond acceptors (Lipinski definition) is 3. The predicted octanol–water partition coefficient (Wildman–Crippen LogP) is 4.47. The number of nitrogens with zero attached hydrogens (tertiary/aromatic N) is 1. The molecule has 3 nitrogen and oxygen atoms in total. The molecule has 0 saturated heterocycles. The van der Waals surface area contributed by atoms with E-state index >= 15 is 0 Å². The molecule has 2 aromatic rings. The zero-order valence-corrected chi connectivity index (χ0v) is 13.0. The van der Waals surface area contributed by atoms with Crippen LogP contribution in [0.3, 0.4) is 0 Å². The topological polar surface area (TPSA) is 34.1 Å². The summed E-state index contributed by atoms with van der Waals surface area (Å²) >= 11 is 0. The Hall–Kier alpha value is -2.55. The molecule has 3 heteroatoms. The van der Waals surface area contributed by atoms with Crippen LogP contribution in [-0.4, -0.2) is 11.6 Å². The summed E-state index contributed by atoms with van der Waals surface area (Å²) in [6, 6.07) is 10.8. The second-order valence-corrected chi connectivity index (χ2v) is 6.11. The van der Waals surface area contributed by atoms with Crippen LogP contribution in [0, 0.1) is 5.92 Å². The molecule has 1 aliphatic carbocycles. The van der Waals surface area contributed by atoms with Crippen LogP contribution in [0.25, 0.3) is 0 Å². The van der Waals surface area contributed by atoms with Gasteiger partial charge in [0.25, 0.3) is 0 Å². The van der Waals surface area contributed by atoms with Gasteiger partial charge in [-0.15, -0.1) is 0 Å². The molecule has 2 heterocycles. The second-order valence-electron chi connectivity index (χ2n) is 6.11. The highest BCUT2D eigenvalue weighted by atomic mass is 16.5. The van der Waals surface area contributed by atoms with E-state index in [2.05, 4.69) is 47.2 Å². The molecule has 0 radical (unpaired) electrons. The summed E-state index contributed by atoms with van der Waals surface area (Å²) in [4.78, 5) is 4.29. The lowest BCUT2D eigenvalue weighted by molar-refractivity contribution is 0.361. The van der Waals surface area contributed by atoms with Gasteiger partial charge in [-0.2, -0.15) is 0 Å². The Morgan fingerprint density at radius 3 is 3.13 bits per heavy atom. The Morgan fingerprint density at radius 2 is 2.30 bits per heavy atom. The van der Waals surface area contributed by atoms with Gasteiger partial charge in [-0.25, -0.2) is 0 Å². The molecule has 0 amide bonds. The first-order chi connectivity index (χ1) is 11.4. The largest absolute Gasteiger partial charge is 0.490 e. The van der Waals surface area contributed by atoms with Crippen molar-refractivity contribution in [3.05, 3.63) is 78.7 Å². The van der Waals surface area contributed by atoms with Crippen molar-refractivity contribution in [2.45, 2.75) is 18.4 Å². The zero-order valence-electron chi connectivity index (χ0n) is 13.0. The molecule has 116 valence electrons. The molecule has 0 spiro atoms. The van der Waals surface area contributed by atoms with Crippen molar-refractivity contribution >= 4 is 5.69 Å². The maximum absolute atomic E-state index is 5.70. The van der Waals surface area contributed by atoms with Crippen LogP contribution >= 0.6 is 0 Å². The molecule has 2 aliphatic rings. The SMILES string of the molecule is C=CCOc1ccc2c(c1)C1C=CCC1C(c1cccnc1)N2. The van der Waals surface area contributed by atoms with Crippen molar-refractivity contribution in [3.63, 3.8) is 0 Å². The van der Waals surface area contributed by atoms with Crippen molar-refractivity contribution in [2.24, 2.45) is 5.92 Å². The van der Waals surface area contributed by atoms with Gasteiger partial charge >= 0.3 is 0 Å². The average Bonchev–Trinajstić information content (AvgIpc) is 3.10. The van der Waals surface area contributed by atoms with Gasteiger partial charge in [0.05, 0.1) is 6.04 Å². The maximum atomic E-state index is 5.70. The number of ether oxygens (including phenoxy) is 1. The lowest BCUT2D eigenvalue weighted by atomic mass is 9.77. The third kappa shape index (κ3) is 2.52. The van der Waals surface area contributed by atoms with Gasteiger partial charge in [0, 0.05) is 24.0 Å². The standard InChI is InChI=1S/C20H20N2O/c1-2-11-23-15-8-9-19-18(12-15)16-6-3-7-17(16)20(22-19)14-5-4-10-21-13-14/h2-6,8-10,12-13,16-17,20,22H,1,7,11H2. The molecule has 23 heavy (non-hydrogen) atoms. The van der Waals surface area contributed by atoms with E-state index in [1.807, 2.05) is 24.5 Å². The number of benzene rings is 1. The highest BCUT2D eigenvalue weighted by molar-refractivity contribution is 5.61.